The van der Waals surface area contributed by atoms with E-state index in [0.717, 1.165) is 32.9 Å². The van der Waals surface area contributed by atoms with Gasteiger partial charge in [-0.3, -0.25) is 0 Å². The van der Waals surface area contributed by atoms with E-state index in [4.69, 9.17) is 5.26 Å². The average Bonchev–Trinajstić information content (AvgIpc) is 3.15. The van der Waals surface area contributed by atoms with E-state index in [1.165, 1.54) is 0 Å². The number of benzene rings is 2. The average molecular weight is 371 g/mol. The number of nitrogens with zero attached hydrogens (tertiary/aromatic N) is 4. The van der Waals surface area contributed by atoms with Crippen LogP contribution in [0.5, 0.6) is 0 Å². The molecule has 2 aromatic carbocycles. The second-order valence-corrected chi connectivity index (χ2v) is 7.21. The molecular weight excluding hydrogens is 354 g/mol. The van der Waals surface area contributed by atoms with Gasteiger partial charge in [0.15, 0.2) is 0 Å². The largest absolute Gasteiger partial charge is 0.363 e. The molecule has 0 aliphatic heterocycles. The van der Waals surface area contributed by atoms with Gasteiger partial charge in [0.05, 0.1) is 33.1 Å². The molecule has 27 heavy (non-hydrogen) atoms. The van der Waals surface area contributed by atoms with Crippen molar-refractivity contribution in [2.24, 2.45) is 0 Å². The highest BCUT2D eigenvalue weighted by molar-refractivity contribution is 7.16. The molecule has 0 saturated heterocycles. The molecule has 1 N–H and O–H groups in total. The number of aromatic nitrogens is 3. The van der Waals surface area contributed by atoms with Crippen molar-refractivity contribution in [3.05, 3.63) is 71.0 Å². The molecule has 4 aromatic rings. The van der Waals surface area contributed by atoms with E-state index in [1.54, 1.807) is 17.4 Å². The molecule has 0 aliphatic rings. The molecule has 0 bridgehead atoms. The van der Waals surface area contributed by atoms with Crippen LogP contribution in [0.1, 0.15) is 29.9 Å². The fourth-order valence-electron chi connectivity index (χ4n) is 2.99. The monoisotopic (exact) mass is 371 g/mol. The van der Waals surface area contributed by atoms with Crippen LogP contribution >= 0.6 is 11.3 Å². The van der Waals surface area contributed by atoms with E-state index in [-0.39, 0.29) is 6.04 Å². The van der Waals surface area contributed by atoms with Crippen LogP contribution in [0.3, 0.4) is 0 Å². The number of nitrogens with one attached hydrogen (secondary N) is 1. The zero-order valence-electron chi connectivity index (χ0n) is 15.0. The highest BCUT2D eigenvalue weighted by atomic mass is 32.1. The third kappa shape index (κ3) is 3.64. The maximum Gasteiger partial charge on any atom is 0.130 e. The van der Waals surface area contributed by atoms with E-state index in [9.17, 15) is 0 Å². The quantitative estimate of drug-likeness (QED) is 0.540. The Morgan fingerprint density at radius 2 is 2.00 bits per heavy atom. The smallest absolute Gasteiger partial charge is 0.130 e. The molecule has 2 heterocycles. The molecule has 132 valence electrons. The lowest BCUT2D eigenvalue weighted by Gasteiger charge is -2.16. The highest BCUT2D eigenvalue weighted by Gasteiger charge is 2.10. The van der Waals surface area contributed by atoms with E-state index < -0.39 is 0 Å². The van der Waals surface area contributed by atoms with Crippen molar-refractivity contribution in [1.29, 1.82) is 5.26 Å². The minimum Gasteiger partial charge on any atom is -0.363 e. The van der Waals surface area contributed by atoms with Gasteiger partial charge in [0, 0.05) is 17.7 Å². The Kier molecular flexibility index (Phi) is 4.53. The number of rotatable bonds is 4. The van der Waals surface area contributed by atoms with Crippen LogP contribution in [0.25, 0.3) is 21.5 Å². The zero-order chi connectivity index (χ0) is 18.8. The maximum atomic E-state index is 9.10. The van der Waals surface area contributed by atoms with Crippen molar-refractivity contribution < 1.29 is 0 Å². The summed E-state index contributed by atoms with van der Waals surface area (Å²) in [4.78, 5) is 13.5. The second kappa shape index (κ2) is 7.14. The topological polar surface area (TPSA) is 74.5 Å². The SMILES string of the molecule is Cc1nc(NC(C)c2cccc(C#N)c2)cc(-c2ccc3scnc3c2)n1. The summed E-state index contributed by atoms with van der Waals surface area (Å²) in [6.07, 6.45) is 0. The number of hydrogen-bond acceptors (Lipinski definition) is 6. The van der Waals surface area contributed by atoms with Crippen LogP contribution in [0, 0.1) is 18.3 Å². The Morgan fingerprint density at radius 3 is 2.85 bits per heavy atom. The molecule has 5 nitrogen and oxygen atoms in total. The molecule has 1 atom stereocenters. The molecule has 1 unspecified atom stereocenters. The van der Waals surface area contributed by atoms with Crippen LogP contribution in [0.2, 0.25) is 0 Å². The number of fused-ring (bicyclic) bond motifs is 1. The number of hydrogen-bond donors (Lipinski definition) is 1. The van der Waals surface area contributed by atoms with Gasteiger partial charge in [-0.25, -0.2) is 15.0 Å². The van der Waals surface area contributed by atoms with Gasteiger partial charge in [-0.15, -0.1) is 11.3 Å². The summed E-state index contributed by atoms with van der Waals surface area (Å²) < 4.78 is 1.16. The summed E-state index contributed by atoms with van der Waals surface area (Å²) in [5, 5.41) is 12.5. The van der Waals surface area contributed by atoms with Gasteiger partial charge in [0.25, 0.3) is 0 Å². The fourth-order valence-corrected chi connectivity index (χ4v) is 3.65. The van der Waals surface area contributed by atoms with E-state index >= 15 is 0 Å². The minimum absolute atomic E-state index is 0.0153. The normalized spacial score (nSPS) is 11.9. The lowest BCUT2D eigenvalue weighted by molar-refractivity contribution is 0.867. The first kappa shape index (κ1) is 17.1. The Hall–Kier alpha value is -3.30. The number of anilines is 1. The fraction of sp³-hybridized carbons (Fsp3) is 0.143. The minimum atomic E-state index is 0.0153. The van der Waals surface area contributed by atoms with Gasteiger partial charge >= 0.3 is 0 Å². The summed E-state index contributed by atoms with van der Waals surface area (Å²) in [5.41, 5.74) is 6.39. The molecule has 0 spiro atoms. The van der Waals surface area contributed by atoms with Crippen LogP contribution in [-0.4, -0.2) is 15.0 Å². The summed E-state index contributed by atoms with van der Waals surface area (Å²) in [5.74, 6) is 1.46. The third-order valence-corrected chi connectivity index (χ3v) is 5.15. The van der Waals surface area contributed by atoms with Crippen molar-refractivity contribution in [2.75, 3.05) is 5.32 Å². The predicted octanol–water partition coefficient (Wildman–Crippen LogP) is 5.11. The highest BCUT2D eigenvalue weighted by Crippen LogP contribution is 2.27. The Balaban J connectivity index is 1.64. The van der Waals surface area contributed by atoms with E-state index in [2.05, 4.69) is 51.5 Å². The van der Waals surface area contributed by atoms with Crippen LogP contribution in [0.15, 0.2) is 54.0 Å². The first-order valence-electron chi connectivity index (χ1n) is 8.58. The van der Waals surface area contributed by atoms with E-state index in [0.29, 0.717) is 11.4 Å². The Labute approximate surface area is 161 Å². The summed E-state index contributed by atoms with van der Waals surface area (Å²) in [6, 6.07) is 17.9. The predicted molar refractivity (Wildman–Crippen MR) is 109 cm³/mol. The van der Waals surface area contributed by atoms with Crippen molar-refractivity contribution in [3.63, 3.8) is 0 Å². The van der Waals surface area contributed by atoms with Gasteiger partial charge < -0.3 is 5.32 Å². The van der Waals surface area contributed by atoms with Gasteiger partial charge in [-0.05, 0) is 43.7 Å². The van der Waals surface area contributed by atoms with Gasteiger partial charge in [0.1, 0.15) is 11.6 Å². The van der Waals surface area contributed by atoms with Crippen molar-refractivity contribution in [1.82, 2.24) is 15.0 Å². The lowest BCUT2D eigenvalue weighted by Crippen LogP contribution is -2.09. The van der Waals surface area contributed by atoms with Gasteiger partial charge in [-0.2, -0.15) is 5.26 Å². The third-order valence-electron chi connectivity index (χ3n) is 4.34. The summed E-state index contributed by atoms with van der Waals surface area (Å²) in [6.45, 7) is 3.94. The molecule has 0 saturated carbocycles. The number of aryl methyl sites for hydroxylation is 1. The molecule has 0 amide bonds. The number of thiazole rings is 1. The first-order valence-corrected chi connectivity index (χ1v) is 9.46. The molecule has 0 fully saturated rings. The molecule has 0 aliphatic carbocycles. The molecule has 4 rings (SSSR count). The summed E-state index contributed by atoms with van der Waals surface area (Å²) >= 11 is 1.63. The zero-order valence-corrected chi connectivity index (χ0v) is 15.8. The van der Waals surface area contributed by atoms with Crippen LogP contribution in [-0.2, 0) is 0 Å². The molecule has 2 aromatic heterocycles. The van der Waals surface area contributed by atoms with Crippen molar-refractivity contribution in [2.45, 2.75) is 19.9 Å². The second-order valence-electron chi connectivity index (χ2n) is 6.32. The van der Waals surface area contributed by atoms with Gasteiger partial charge in [-0.1, -0.05) is 18.2 Å². The molecular formula is C21H17N5S. The standard InChI is InChI=1S/C21H17N5S/c1-13(16-5-3-4-15(8-16)11-22)24-21-10-18(25-14(2)26-21)17-6-7-20-19(9-17)23-12-27-20/h3-10,12-13H,1-2H3,(H,24,25,26). The van der Waals surface area contributed by atoms with E-state index in [1.807, 2.05) is 36.7 Å². The Morgan fingerprint density at radius 1 is 1.11 bits per heavy atom. The van der Waals surface area contributed by atoms with Crippen LogP contribution in [0.4, 0.5) is 5.82 Å². The number of nitriles is 1. The van der Waals surface area contributed by atoms with Gasteiger partial charge in [0.2, 0.25) is 0 Å². The van der Waals surface area contributed by atoms with Crippen molar-refractivity contribution in [3.8, 4) is 17.3 Å². The Bertz CT molecular complexity index is 1160. The molecule has 0 radical (unpaired) electrons. The maximum absolute atomic E-state index is 9.10. The molecule has 6 heteroatoms. The van der Waals surface area contributed by atoms with Crippen LogP contribution < -0.4 is 5.32 Å². The van der Waals surface area contributed by atoms with Crippen molar-refractivity contribution >= 4 is 27.4 Å². The summed E-state index contributed by atoms with van der Waals surface area (Å²) in [7, 11) is 0. The first-order chi connectivity index (χ1) is 13.1. The lowest BCUT2D eigenvalue weighted by atomic mass is 10.1.